The highest BCUT2D eigenvalue weighted by Crippen LogP contribution is 2.23. The maximum Gasteiger partial charge on any atom is 0.289 e. The van der Waals surface area contributed by atoms with Crippen LogP contribution in [-0.2, 0) is 13.0 Å². The van der Waals surface area contributed by atoms with Gasteiger partial charge >= 0.3 is 0 Å². The minimum absolute atomic E-state index is 0.0143. The van der Waals surface area contributed by atoms with Crippen LogP contribution in [0, 0.1) is 0 Å². The number of hydrogen-bond donors (Lipinski definition) is 1. The van der Waals surface area contributed by atoms with Crippen molar-refractivity contribution in [2.45, 2.75) is 51.5 Å². The van der Waals surface area contributed by atoms with Crippen LogP contribution in [0.25, 0.3) is 0 Å². The molecule has 2 amide bonds. The van der Waals surface area contributed by atoms with Gasteiger partial charge in [-0.25, -0.2) is 4.98 Å². The maximum atomic E-state index is 12.9. The lowest BCUT2D eigenvalue weighted by Crippen LogP contribution is -2.37. The average molecular weight is 361 g/mol. The van der Waals surface area contributed by atoms with Gasteiger partial charge in [0, 0.05) is 26.2 Å². The minimum atomic E-state index is -0.146. The van der Waals surface area contributed by atoms with E-state index in [1.54, 1.807) is 0 Å². The van der Waals surface area contributed by atoms with E-state index in [9.17, 15) is 9.59 Å². The molecule has 2 aliphatic heterocycles. The van der Waals surface area contributed by atoms with Crippen molar-refractivity contribution in [3.05, 3.63) is 17.2 Å². The summed E-state index contributed by atoms with van der Waals surface area (Å²) >= 11 is 0. The van der Waals surface area contributed by atoms with Crippen molar-refractivity contribution in [3.8, 4) is 0 Å². The molecule has 1 aromatic heterocycles. The van der Waals surface area contributed by atoms with Gasteiger partial charge in [-0.2, -0.15) is 0 Å². The summed E-state index contributed by atoms with van der Waals surface area (Å²) in [5, 5.41) is 2.97. The van der Waals surface area contributed by atoms with Crippen molar-refractivity contribution in [3.63, 3.8) is 0 Å². The fourth-order valence-corrected chi connectivity index (χ4v) is 3.81. The summed E-state index contributed by atoms with van der Waals surface area (Å²) in [6, 6.07) is 0. The van der Waals surface area contributed by atoms with Crippen molar-refractivity contribution < 1.29 is 9.59 Å². The number of carbonyl (C=O) groups excluding carboxylic acids is 2. The van der Waals surface area contributed by atoms with Gasteiger partial charge in [0.25, 0.3) is 11.8 Å². The van der Waals surface area contributed by atoms with Gasteiger partial charge in [0.2, 0.25) is 0 Å². The number of likely N-dealkylation sites (tertiary alicyclic amines) is 1. The lowest BCUT2D eigenvalue weighted by Gasteiger charge is -2.27. The van der Waals surface area contributed by atoms with E-state index in [-0.39, 0.29) is 11.8 Å². The monoisotopic (exact) mass is 361 g/mol. The Balaban J connectivity index is 1.74. The van der Waals surface area contributed by atoms with Crippen molar-refractivity contribution >= 4 is 11.8 Å². The molecule has 0 radical (unpaired) electrons. The quantitative estimate of drug-likeness (QED) is 0.780. The first-order valence-corrected chi connectivity index (χ1v) is 9.89. The Morgan fingerprint density at radius 3 is 2.54 bits per heavy atom. The Morgan fingerprint density at radius 2 is 1.81 bits per heavy atom. The molecule has 3 heterocycles. The molecule has 1 fully saturated rings. The van der Waals surface area contributed by atoms with Crippen LogP contribution in [0.2, 0.25) is 0 Å². The van der Waals surface area contributed by atoms with E-state index in [1.165, 1.54) is 6.42 Å². The molecule has 0 unspecified atom stereocenters. The topological polar surface area (TPSA) is 70.5 Å². The van der Waals surface area contributed by atoms with E-state index < -0.39 is 0 Å². The molecule has 7 heteroatoms. The van der Waals surface area contributed by atoms with E-state index in [0.717, 1.165) is 70.4 Å². The van der Waals surface area contributed by atoms with Gasteiger partial charge < -0.3 is 19.7 Å². The van der Waals surface area contributed by atoms with Gasteiger partial charge in [0.05, 0.1) is 5.69 Å². The van der Waals surface area contributed by atoms with E-state index in [4.69, 9.17) is 0 Å². The Labute approximate surface area is 155 Å². The molecule has 0 atom stereocenters. The Morgan fingerprint density at radius 1 is 1.08 bits per heavy atom. The SMILES string of the molecule is CN(C)CCCNC(=O)c1nc(C(=O)N2CCCCC2)n2c1CCCC2. The third-order valence-corrected chi connectivity index (χ3v) is 5.24. The standard InChI is InChI=1S/C19H31N5O2/c1-22(2)11-8-10-20-18(25)16-15-9-4-7-14-24(15)17(21-16)19(26)23-12-5-3-6-13-23/h3-14H2,1-2H3,(H,20,25). The number of fused-ring (bicyclic) bond motifs is 1. The van der Waals surface area contributed by atoms with Crippen molar-refractivity contribution in [2.24, 2.45) is 0 Å². The normalized spacial score (nSPS) is 17.3. The number of nitrogens with zero attached hydrogens (tertiary/aromatic N) is 4. The van der Waals surface area contributed by atoms with Crippen LogP contribution in [0.1, 0.15) is 65.3 Å². The molecule has 2 aliphatic rings. The van der Waals surface area contributed by atoms with Gasteiger partial charge in [-0.1, -0.05) is 0 Å². The number of hydrogen-bond acceptors (Lipinski definition) is 4. The first kappa shape index (κ1) is 18.9. The molecular weight excluding hydrogens is 330 g/mol. The van der Waals surface area contributed by atoms with Crippen LogP contribution in [0.3, 0.4) is 0 Å². The summed E-state index contributed by atoms with van der Waals surface area (Å²) in [6.07, 6.45) is 7.09. The summed E-state index contributed by atoms with van der Waals surface area (Å²) in [4.78, 5) is 34.1. The molecule has 0 bridgehead atoms. The van der Waals surface area contributed by atoms with Gasteiger partial charge in [0.1, 0.15) is 5.69 Å². The fraction of sp³-hybridized carbons (Fsp3) is 0.737. The zero-order chi connectivity index (χ0) is 18.5. The second-order valence-electron chi connectivity index (χ2n) is 7.61. The highest BCUT2D eigenvalue weighted by molar-refractivity contribution is 5.97. The summed E-state index contributed by atoms with van der Waals surface area (Å²) < 4.78 is 2.00. The third-order valence-electron chi connectivity index (χ3n) is 5.24. The van der Waals surface area contributed by atoms with Crippen LogP contribution >= 0.6 is 0 Å². The van der Waals surface area contributed by atoms with E-state index in [0.29, 0.717) is 18.1 Å². The first-order chi connectivity index (χ1) is 12.6. The number of amides is 2. The minimum Gasteiger partial charge on any atom is -0.351 e. The first-order valence-electron chi connectivity index (χ1n) is 9.89. The van der Waals surface area contributed by atoms with Crippen LogP contribution in [0.4, 0.5) is 0 Å². The van der Waals surface area contributed by atoms with Crippen LogP contribution < -0.4 is 5.32 Å². The zero-order valence-corrected chi connectivity index (χ0v) is 16.1. The number of aromatic nitrogens is 2. The van der Waals surface area contributed by atoms with Crippen LogP contribution in [-0.4, -0.2) is 71.4 Å². The predicted molar refractivity (Wildman–Crippen MR) is 100 cm³/mol. The molecule has 7 nitrogen and oxygen atoms in total. The molecule has 0 saturated carbocycles. The number of piperidine rings is 1. The summed E-state index contributed by atoms with van der Waals surface area (Å²) in [5.41, 5.74) is 1.39. The second kappa shape index (κ2) is 8.66. The Kier molecular flexibility index (Phi) is 6.29. The lowest BCUT2D eigenvalue weighted by atomic mass is 10.1. The van der Waals surface area contributed by atoms with E-state index in [2.05, 4.69) is 15.2 Å². The Bertz CT molecular complexity index is 647. The molecule has 1 saturated heterocycles. The second-order valence-corrected chi connectivity index (χ2v) is 7.61. The molecule has 1 aromatic rings. The molecule has 0 aromatic carbocycles. The number of nitrogens with one attached hydrogen (secondary N) is 1. The fourth-order valence-electron chi connectivity index (χ4n) is 3.81. The van der Waals surface area contributed by atoms with Crippen molar-refractivity contribution in [1.82, 2.24) is 24.7 Å². The smallest absolute Gasteiger partial charge is 0.289 e. The molecule has 0 aliphatic carbocycles. The van der Waals surface area contributed by atoms with E-state index >= 15 is 0 Å². The largest absolute Gasteiger partial charge is 0.351 e. The molecule has 3 rings (SSSR count). The van der Waals surface area contributed by atoms with Crippen molar-refractivity contribution in [2.75, 3.05) is 40.3 Å². The maximum absolute atomic E-state index is 12.9. The highest BCUT2D eigenvalue weighted by Gasteiger charge is 2.30. The average Bonchev–Trinajstić information content (AvgIpc) is 3.05. The van der Waals surface area contributed by atoms with Gasteiger partial charge in [-0.05, 0) is 65.6 Å². The molecular formula is C19H31N5O2. The lowest BCUT2D eigenvalue weighted by molar-refractivity contribution is 0.0705. The number of imidazole rings is 1. The third kappa shape index (κ3) is 4.26. The Hall–Kier alpha value is -1.89. The van der Waals surface area contributed by atoms with Crippen LogP contribution in [0.5, 0.6) is 0 Å². The van der Waals surface area contributed by atoms with Gasteiger partial charge in [-0.3, -0.25) is 9.59 Å². The number of carbonyl (C=O) groups is 2. The van der Waals surface area contributed by atoms with Gasteiger partial charge in [0.15, 0.2) is 5.82 Å². The molecule has 144 valence electrons. The molecule has 26 heavy (non-hydrogen) atoms. The molecule has 1 N–H and O–H groups in total. The summed E-state index contributed by atoms with van der Waals surface area (Å²) in [5.74, 6) is 0.298. The van der Waals surface area contributed by atoms with Crippen LogP contribution in [0.15, 0.2) is 0 Å². The summed E-state index contributed by atoms with van der Waals surface area (Å²) in [6.45, 7) is 3.93. The van der Waals surface area contributed by atoms with E-state index in [1.807, 2.05) is 23.6 Å². The van der Waals surface area contributed by atoms with Gasteiger partial charge in [-0.15, -0.1) is 0 Å². The predicted octanol–water partition coefficient (Wildman–Crippen LogP) is 1.53. The van der Waals surface area contributed by atoms with Crippen molar-refractivity contribution in [1.29, 1.82) is 0 Å². The number of rotatable bonds is 6. The highest BCUT2D eigenvalue weighted by atomic mass is 16.2. The summed E-state index contributed by atoms with van der Waals surface area (Å²) in [7, 11) is 4.04. The zero-order valence-electron chi connectivity index (χ0n) is 16.1. The molecule has 0 spiro atoms.